The van der Waals surface area contributed by atoms with Crippen molar-refractivity contribution in [3.8, 4) is 11.4 Å². The van der Waals surface area contributed by atoms with Crippen LogP contribution in [0.1, 0.15) is 40.2 Å². The first-order chi connectivity index (χ1) is 18.9. The van der Waals surface area contributed by atoms with E-state index in [2.05, 4.69) is 15.3 Å². The van der Waals surface area contributed by atoms with Gasteiger partial charge in [-0.25, -0.2) is 14.4 Å². The Labute approximate surface area is 224 Å². The van der Waals surface area contributed by atoms with Gasteiger partial charge in [-0.15, -0.1) is 0 Å². The number of likely N-dealkylation sites (tertiary alicyclic amines) is 1. The molecule has 202 valence electrons. The Morgan fingerprint density at radius 2 is 1.90 bits per heavy atom. The molecule has 4 N–H and O–H groups in total. The summed E-state index contributed by atoms with van der Waals surface area (Å²) in [5, 5.41) is 12.0. The number of nitrogens with one attached hydrogen (secondary N) is 1. The van der Waals surface area contributed by atoms with Crippen molar-refractivity contribution in [2.45, 2.75) is 25.3 Å². The number of aromatic nitrogens is 3. The molecule has 3 heterocycles. The van der Waals surface area contributed by atoms with Gasteiger partial charge in [-0.3, -0.25) is 9.59 Å². The SMILES string of the molecule is COc1ccc(F)cc1C(=O)NCc1ccc(-n2cc(C3CCN(C(=O)CO)CC3)c3ncnc(N)c32)cc1. The van der Waals surface area contributed by atoms with Crippen LogP contribution in [0.2, 0.25) is 0 Å². The maximum atomic E-state index is 13.7. The predicted molar refractivity (Wildman–Crippen MR) is 143 cm³/mol. The van der Waals surface area contributed by atoms with Gasteiger partial charge in [0.05, 0.1) is 18.2 Å². The maximum absolute atomic E-state index is 13.7. The van der Waals surface area contributed by atoms with Gasteiger partial charge in [-0.05, 0) is 60.2 Å². The molecule has 0 bridgehead atoms. The van der Waals surface area contributed by atoms with E-state index in [0.29, 0.717) is 30.2 Å². The molecular weight excluding hydrogens is 503 g/mol. The van der Waals surface area contributed by atoms with Gasteiger partial charge >= 0.3 is 0 Å². The summed E-state index contributed by atoms with van der Waals surface area (Å²) in [6.07, 6.45) is 4.99. The molecule has 2 aromatic carbocycles. The van der Waals surface area contributed by atoms with Gasteiger partial charge in [-0.2, -0.15) is 0 Å². The Hall–Kier alpha value is -4.51. The second-order valence-electron chi connectivity index (χ2n) is 9.42. The molecule has 2 aromatic heterocycles. The standard InChI is InChI=1S/C28H29FN6O4/c1-39-23-7-4-19(29)12-21(23)28(38)31-13-17-2-5-20(6-3-17)35-14-22(25-26(35)27(30)33-16-32-25)18-8-10-34(11-9-18)24(37)15-36/h2-7,12,14,16,18,36H,8-11,13,15H2,1H3,(H,31,38)(H2,30,32,33). The number of nitrogens with zero attached hydrogens (tertiary/aromatic N) is 4. The molecule has 5 rings (SSSR count). The Balaban J connectivity index is 1.35. The number of methoxy groups -OCH3 is 1. The fourth-order valence-corrected chi connectivity index (χ4v) is 5.06. The van der Waals surface area contributed by atoms with E-state index in [1.807, 2.05) is 35.0 Å². The van der Waals surface area contributed by atoms with Crippen molar-refractivity contribution >= 4 is 28.7 Å². The highest BCUT2D eigenvalue weighted by atomic mass is 19.1. The fraction of sp³-hybridized carbons (Fsp3) is 0.286. The summed E-state index contributed by atoms with van der Waals surface area (Å²) >= 11 is 0. The first-order valence-electron chi connectivity index (χ1n) is 12.6. The predicted octanol–water partition coefficient (Wildman–Crippen LogP) is 2.78. The van der Waals surface area contributed by atoms with Crippen LogP contribution in [0.25, 0.3) is 16.7 Å². The molecule has 0 radical (unpaired) electrons. The quantitative estimate of drug-likeness (QED) is 0.333. The summed E-state index contributed by atoms with van der Waals surface area (Å²) in [4.78, 5) is 34.9. The van der Waals surface area contributed by atoms with Crippen molar-refractivity contribution in [2.24, 2.45) is 0 Å². The second kappa shape index (κ2) is 11.1. The normalized spacial score (nSPS) is 14.0. The number of ether oxygens (including phenoxy) is 1. The molecule has 2 amide bonds. The lowest BCUT2D eigenvalue weighted by Crippen LogP contribution is -2.39. The third kappa shape index (κ3) is 5.26. The summed E-state index contributed by atoms with van der Waals surface area (Å²) in [5.74, 6) is -0.373. The number of anilines is 1. The number of hydrogen-bond donors (Lipinski definition) is 3. The Kier molecular flexibility index (Phi) is 7.42. The minimum absolute atomic E-state index is 0.127. The molecule has 4 aromatic rings. The molecule has 10 nitrogen and oxygen atoms in total. The molecule has 1 fully saturated rings. The molecule has 0 aliphatic carbocycles. The number of piperidine rings is 1. The number of carbonyl (C=O) groups excluding carboxylic acids is 2. The number of aliphatic hydroxyl groups is 1. The van der Waals surface area contributed by atoms with Crippen LogP contribution in [0.4, 0.5) is 10.2 Å². The minimum atomic E-state index is -0.518. The molecule has 11 heteroatoms. The largest absolute Gasteiger partial charge is 0.496 e. The highest BCUT2D eigenvalue weighted by molar-refractivity contribution is 5.97. The van der Waals surface area contributed by atoms with Crippen molar-refractivity contribution in [2.75, 3.05) is 32.5 Å². The van der Waals surface area contributed by atoms with Crippen LogP contribution in [0, 0.1) is 5.82 Å². The van der Waals surface area contributed by atoms with Crippen LogP contribution < -0.4 is 15.8 Å². The van der Waals surface area contributed by atoms with Crippen molar-refractivity contribution < 1.29 is 23.8 Å². The zero-order chi connectivity index (χ0) is 27.5. The zero-order valence-electron chi connectivity index (χ0n) is 21.4. The lowest BCUT2D eigenvalue weighted by molar-refractivity contribution is -0.135. The summed E-state index contributed by atoms with van der Waals surface area (Å²) in [5.41, 5.74) is 10.6. The molecule has 0 saturated carbocycles. The van der Waals surface area contributed by atoms with E-state index in [4.69, 9.17) is 10.5 Å². The Morgan fingerprint density at radius 3 is 2.59 bits per heavy atom. The summed E-state index contributed by atoms with van der Waals surface area (Å²) < 4.78 is 20.8. The van der Waals surface area contributed by atoms with Crippen molar-refractivity contribution in [3.05, 3.63) is 77.5 Å². The number of halogens is 1. The Bertz CT molecular complexity index is 1510. The third-order valence-corrected chi connectivity index (χ3v) is 7.13. The average molecular weight is 533 g/mol. The van der Waals surface area contributed by atoms with E-state index in [-0.39, 0.29) is 23.9 Å². The first-order valence-corrected chi connectivity index (χ1v) is 12.6. The number of nitrogen functional groups attached to an aromatic ring is 1. The summed E-state index contributed by atoms with van der Waals surface area (Å²) in [7, 11) is 1.43. The van der Waals surface area contributed by atoms with Gasteiger partial charge < -0.3 is 30.4 Å². The number of benzene rings is 2. The zero-order valence-corrected chi connectivity index (χ0v) is 21.4. The summed E-state index contributed by atoms with van der Waals surface area (Å²) in [6.45, 7) is 0.900. The molecule has 1 aliphatic heterocycles. The topological polar surface area (TPSA) is 136 Å². The number of rotatable bonds is 7. The van der Waals surface area contributed by atoms with E-state index >= 15 is 0 Å². The molecule has 1 saturated heterocycles. The van der Waals surface area contributed by atoms with Crippen LogP contribution in [0.15, 0.2) is 55.0 Å². The smallest absolute Gasteiger partial charge is 0.255 e. The molecule has 39 heavy (non-hydrogen) atoms. The van der Waals surface area contributed by atoms with E-state index < -0.39 is 18.3 Å². The van der Waals surface area contributed by atoms with Crippen LogP contribution in [-0.2, 0) is 11.3 Å². The number of amides is 2. The average Bonchev–Trinajstić information content (AvgIpc) is 3.37. The number of hydrogen-bond acceptors (Lipinski definition) is 7. The first kappa shape index (κ1) is 26.1. The van der Waals surface area contributed by atoms with Gasteiger partial charge in [0.15, 0.2) is 5.82 Å². The van der Waals surface area contributed by atoms with Gasteiger partial charge in [0.1, 0.15) is 30.0 Å². The lowest BCUT2D eigenvalue weighted by Gasteiger charge is -2.31. The molecule has 0 unspecified atom stereocenters. The fourth-order valence-electron chi connectivity index (χ4n) is 5.06. The monoisotopic (exact) mass is 532 g/mol. The molecule has 1 aliphatic rings. The Morgan fingerprint density at radius 1 is 1.15 bits per heavy atom. The molecule has 0 atom stereocenters. The van der Waals surface area contributed by atoms with Crippen LogP contribution >= 0.6 is 0 Å². The van der Waals surface area contributed by atoms with Crippen molar-refractivity contribution in [3.63, 3.8) is 0 Å². The highest BCUT2D eigenvalue weighted by Gasteiger charge is 2.27. The second-order valence-corrected chi connectivity index (χ2v) is 9.42. The van der Waals surface area contributed by atoms with E-state index in [1.54, 1.807) is 4.90 Å². The van der Waals surface area contributed by atoms with E-state index in [0.717, 1.165) is 41.2 Å². The van der Waals surface area contributed by atoms with Gasteiger partial charge in [0, 0.05) is 31.5 Å². The number of carbonyl (C=O) groups is 2. The number of aliphatic hydroxyl groups excluding tert-OH is 1. The van der Waals surface area contributed by atoms with Crippen LogP contribution in [0.5, 0.6) is 5.75 Å². The third-order valence-electron chi connectivity index (χ3n) is 7.13. The van der Waals surface area contributed by atoms with Gasteiger partial charge in [-0.1, -0.05) is 12.1 Å². The number of nitrogens with two attached hydrogens (primary N) is 1. The minimum Gasteiger partial charge on any atom is -0.496 e. The van der Waals surface area contributed by atoms with Crippen LogP contribution in [-0.4, -0.2) is 63.2 Å². The van der Waals surface area contributed by atoms with Gasteiger partial charge in [0.25, 0.3) is 5.91 Å². The van der Waals surface area contributed by atoms with Crippen molar-refractivity contribution in [1.82, 2.24) is 24.8 Å². The highest BCUT2D eigenvalue weighted by Crippen LogP contribution is 2.36. The van der Waals surface area contributed by atoms with Gasteiger partial charge in [0.2, 0.25) is 5.91 Å². The van der Waals surface area contributed by atoms with E-state index in [9.17, 15) is 19.1 Å². The summed E-state index contributed by atoms with van der Waals surface area (Å²) in [6, 6.07) is 11.4. The van der Waals surface area contributed by atoms with E-state index in [1.165, 1.54) is 25.6 Å². The number of fused-ring (bicyclic) bond motifs is 1. The van der Waals surface area contributed by atoms with Crippen LogP contribution in [0.3, 0.4) is 0 Å². The lowest BCUT2D eigenvalue weighted by atomic mass is 9.90. The molecular formula is C28H29FN6O4. The molecule has 0 spiro atoms. The van der Waals surface area contributed by atoms with Crippen molar-refractivity contribution in [1.29, 1.82) is 0 Å². The maximum Gasteiger partial charge on any atom is 0.255 e.